The van der Waals surface area contributed by atoms with E-state index in [0.29, 0.717) is 12.5 Å². The van der Waals surface area contributed by atoms with Crippen molar-refractivity contribution in [1.82, 2.24) is 20.3 Å². The van der Waals surface area contributed by atoms with Crippen LogP contribution in [0.1, 0.15) is 30.0 Å². The molecule has 1 saturated carbocycles. The highest BCUT2D eigenvalue weighted by atomic mass is 32.1. The zero-order chi connectivity index (χ0) is 19.2. The number of amides is 1. The minimum atomic E-state index is -2.68. The van der Waals surface area contributed by atoms with Crippen molar-refractivity contribution in [2.24, 2.45) is 5.92 Å². The van der Waals surface area contributed by atoms with E-state index in [1.165, 1.54) is 0 Å². The Balaban J connectivity index is 1.40. The van der Waals surface area contributed by atoms with Crippen LogP contribution >= 0.6 is 11.3 Å². The third kappa shape index (κ3) is 3.78. The van der Waals surface area contributed by atoms with E-state index in [4.69, 9.17) is 0 Å². The molecule has 9 heteroatoms. The van der Waals surface area contributed by atoms with Crippen molar-refractivity contribution in [1.29, 1.82) is 0 Å². The second-order valence-corrected chi connectivity index (χ2v) is 8.49. The van der Waals surface area contributed by atoms with Crippen LogP contribution in [0, 0.1) is 19.8 Å². The van der Waals surface area contributed by atoms with Crippen LogP contribution in [0.4, 0.5) is 14.7 Å². The first-order valence-corrected chi connectivity index (χ1v) is 9.83. The molecule has 1 aliphatic heterocycles. The fraction of sp³-hybridized carbons (Fsp3) is 0.556. The average Bonchev–Trinajstić information content (AvgIpc) is 3.19. The van der Waals surface area contributed by atoms with Gasteiger partial charge in [-0.1, -0.05) is 0 Å². The standard InChI is InChI=1S/C18H21F2N5OS/c1-10-15(27-11(2)22-10)14-3-5-21-17(24-14)25-6-4-13(9-25)23-16(26)12-7-18(19,20)8-12/h3,5,12-13H,4,6-9H2,1-2H3,(H,23,26). The molecule has 0 bridgehead atoms. The zero-order valence-corrected chi connectivity index (χ0v) is 16.0. The lowest BCUT2D eigenvalue weighted by Gasteiger charge is -2.34. The van der Waals surface area contributed by atoms with Gasteiger partial charge in [-0.3, -0.25) is 4.79 Å². The second-order valence-electron chi connectivity index (χ2n) is 7.29. The van der Waals surface area contributed by atoms with Gasteiger partial charge in [0.1, 0.15) is 0 Å². The number of aromatic nitrogens is 3. The topological polar surface area (TPSA) is 71.0 Å². The second kappa shape index (κ2) is 6.78. The van der Waals surface area contributed by atoms with Gasteiger partial charge < -0.3 is 10.2 Å². The minimum absolute atomic E-state index is 0.0636. The Kier molecular flexibility index (Phi) is 4.57. The Morgan fingerprint density at radius 1 is 1.33 bits per heavy atom. The summed E-state index contributed by atoms with van der Waals surface area (Å²) < 4.78 is 25.9. The third-order valence-electron chi connectivity index (χ3n) is 5.06. The first-order valence-electron chi connectivity index (χ1n) is 9.01. The molecule has 1 amide bonds. The Hall–Kier alpha value is -2.16. The summed E-state index contributed by atoms with van der Waals surface area (Å²) in [7, 11) is 0. The molecule has 2 aromatic rings. The van der Waals surface area contributed by atoms with Crippen LogP contribution in [0.2, 0.25) is 0 Å². The van der Waals surface area contributed by atoms with Gasteiger partial charge in [-0.15, -0.1) is 11.3 Å². The minimum Gasteiger partial charge on any atom is -0.351 e. The van der Waals surface area contributed by atoms with Crippen LogP contribution in [0.15, 0.2) is 12.3 Å². The molecule has 2 fully saturated rings. The summed E-state index contributed by atoms with van der Waals surface area (Å²) in [6.07, 6.45) is 1.80. The van der Waals surface area contributed by atoms with E-state index < -0.39 is 11.8 Å². The molecule has 0 radical (unpaired) electrons. The molecule has 2 aliphatic rings. The fourth-order valence-corrected chi connectivity index (χ4v) is 4.51. The van der Waals surface area contributed by atoms with Gasteiger partial charge in [-0.2, -0.15) is 0 Å². The first kappa shape index (κ1) is 18.2. The Bertz CT molecular complexity index is 863. The summed E-state index contributed by atoms with van der Waals surface area (Å²) in [6, 6.07) is 1.81. The largest absolute Gasteiger partial charge is 0.351 e. The summed E-state index contributed by atoms with van der Waals surface area (Å²) >= 11 is 1.60. The maximum absolute atomic E-state index is 12.9. The van der Waals surface area contributed by atoms with Crippen molar-refractivity contribution < 1.29 is 13.6 Å². The molecule has 6 nitrogen and oxygen atoms in total. The molecule has 4 rings (SSSR count). The Morgan fingerprint density at radius 2 is 2.11 bits per heavy atom. The molecule has 1 unspecified atom stereocenters. The highest BCUT2D eigenvalue weighted by Gasteiger charge is 2.49. The summed E-state index contributed by atoms with van der Waals surface area (Å²) in [4.78, 5) is 28.6. The molecule has 0 aromatic carbocycles. The van der Waals surface area contributed by atoms with E-state index >= 15 is 0 Å². The molecule has 144 valence electrons. The number of hydrogen-bond acceptors (Lipinski definition) is 6. The molecule has 0 spiro atoms. The molecule has 2 aromatic heterocycles. The maximum Gasteiger partial charge on any atom is 0.249 e. The van der Waals surface area contributed by atoms with Gasteiger partial charge in [0.05, 0.1) is 21.3 Å². The number of alkyl halides is 2. The van der Waals surface area contributed by atoms with Crippen molar-refractivity contribution in [3.63, 3.8) is 0 Å². The highest BCUT2D eigenvalue weighted by molar-refractivity contribution is 7.15. The maximum atomic E-state index is 12.9. The van der Waals surface area contributed by atoms with Gasteiger partial charge in [-0.05, 0) is 26.3 Å². The van der Waals surface area contributed by atoms with Crippen molar-refractivity contribution >= 4 is 23.2 Å². The number of aryl methyl sites for hydroxylation is 2. The molecule has 1 atom stereocenters. The average molecular weight is 393 g/mol. The van der Waals surface area contributed by atoms with E-state index in [1.54, 1.807) is 17.5 Å². The van der Waals surface area contributed by atoms with Gasteiger partial charge in [-0.25, -0.2) is 23.7 Å². The van der Waals surface area contributed by atoms with Crippen molar-refractivity contribution in [2.75, 3.05) is 18.0 Å². The lowest BCUT2D eigenvalue weighted by Crippen LogP contribution is -2.48. The van der Waals surface area contributed by atoms with E-state index in [0.717, 1.165) is 34.2 Å². The smallest absolute Gasteiger partial charge is 0.249 e. The van der Waals surface area contributed by atoms with Gasteiger partial charge in [0.25, 0.3) is 0 Å². The molecule has 27 heavy (non-hydrogen) atoms. The number of nitrogens with zero attached hydrogens (tertiary/aromatic N) is 4. The number of carbonyl (C=O) groups excluding carboxylic acids is 1. The number of halogens is 2. The monoisotopic (exact) mass is 393 g/mol. The molecule has 3 heterocycles. The Labute approximate surface area is 160 Å². The van der Waals surface area contributed by atoms with Crippen LogP contribution in [-0.2, 0) is 4.79 Å². The Morgan fingerprint density at radius 3 is 2.78 bits per heavy atom. The zero-order valence-electron chi connectivity index (χ0n) is 15.2. The summed E-state index contributed by atoms with van der Waals surface area (Å²) in [5.41, 5.74) is 1.79. The van der Waals surface area contributed by atoms with E-state index in [-0.39, 0.29) is 24.8 Å². The van der Waals surface area contributed by atoms with Crippen LogP contribution in [0.3, 0.4) is 0 Å². The molecule has 1 N–H and O–H groups in total. The third-order valence-corrected chi connectivity index (χ3v) is 6.15. The number of hydrogen-bond donors (Lipinski definition) is 1. The van der Waals surface area contributed by atoms with E-state index in [9.17, 15) is 13.6 Å². The number of rotatable bonds is 4. The summed E-state index contributed by atoms with van der Waals surface area (Å²) in [6.45, 7) is 5.23. The normalized spacial score (nSPS) is 21.9. The van der Waals surface area contributed by atoms with Crippen molar-refractivity contribution in [2.45, 2.75) is 45.1 Å². The van der Waals surface area contributed by atoms with Crippen molar-refractivity contribution in [3.8, 4) is 10.6 Å². The lowest BCUT2D eigenvalue weighted by atomic mass is 9.80. The van der Waals surface area contributed by atoms with Crippen LogP contribution < -0.4 is 10.2 Å². The number of nitrogens with one attached hydrogen (secondary N) is 1. The quantitative estimate of drug-likeness (QED) is 0.865. The van der Waals surface area contributed by atoms with E-state index in [1.807, 2.05) is 24.8 Å². The van der Waals surface area contributed by atoms with Crippen LogP contribution in [0.5, 0.6) is 0 Å². The van der Waals surface area contributed by atoms with Gasteiger partial charge in [0.15, 0.2) is 0 Å². The number of carbonyl (C=O) groups is 1. The SMILES string of the molecule is Cc1nc(C)c(-c2ccnc(N3CCC(NC(=O)C4CC(F)(F)C4)C3)n2)s1. The number of thiazole rings is 1. The van der Waals surface area contributed by atoms with E-state index in [2.05, 4.69) is 20.3 Å². The fourth-order valence-electron chi connectivity index (χ4n) is 3.62. The van der Waals surface area contributed by atoms with Crippen molar-refractivity contribution in [3.05, 3.63) is 23.0 Å². The highest BCUT2D eigenvalue weighted by Crippen LogP contribution is 2.42. The molecular weight excluding hydrogens is 372 g/mol. The summed E-state index contributed by atoms with van der Waals surface area (Å²) in [5.74, 6) is -2.89. The molecular formula is C18H21F2N5OS. The predicted octanol–water partition coefficient (Wildman–Crippen LogP) is 2.96. The molecule has 1 saturated heterocycles. The molecule has 1 aliphatic carbocycles. The van der Waals surface area contributed by atoms with Gasteiger partial charge >= 0.3 is 0 Å². The first-order chi connectivity index (χ1) is 12.8. The van der Waals surface area contributed by atoms with Crippen LogP contribution in [0.25, 0.3) is 10.6 Å². The lowest BCUT2D eigenvalue weighted by molar-refractivity contribution is -0.150. The summed E-state index contributed by atoms with van der Waals surface area (Å²) in [5, 5.41) is 3.89. The van der Waals surface area contributed by atoms with Gasteiger partial charge in [0.2, 0.25) is 17.8 Å². The van der Waals surface area contributed by atoms with Gasteiger partial charge in [0, 0.05) is 44.1 Å². The number of anilines is 1. The van der Waals surface area contributed by atoms with Crippen LogP contribution in [-0.4, -0.2) is 45.9 Å². The predicted molar refractivity (Wildman–Crippen MR) is 99.0 cm³/mol.